The molecule has 0 amide bonds. The predicted molar refractivity (Wildman–Crippen MR) is 80.2 cm³/mol. The first-order valence-corrected chi connectivity index (χ1v) is 8.76. The van der Waals surface area contributed by atoms with Crippen LogP contribution in [0, 0.1) is 17.2 Å². The molecule has 4 nitrogen and oxygen atoms in total. The average Bonchev–Trinajstić information content (AvgIpc) is 2.55. The second-order valence-corrected chi connectivity index (χ2v) is 7.21. The Morgan fingerprint density at radius 2 is 1.76 bits per heavy atom. The largest absolute Gasteiger partial charge is 0.396 e. The summed E-state index contributed by atoms with van der Waals surface area (Å²) < 4.78 is 0. The van der Waals surface area contributed by atoms with Crippen molar-refractivity contribution in [3.63, 3.8) is 0 Å². The van der Waals surface area contributed by atoms with Gasteiger partial charge in [-0.2, -0.15) is 10.3 Å². The van der Waals surface area contributed by atoms with Crippen molar-refractivity contribution < 1.29 is 9.94 Å². The molecule has 0 radical (unpaired) electrons. The van der Waals surface area contributed by atoms with Crippen LogP contribution in [0.5, 0.6) is 0 Å². The number of hydrogen-bond acceptors (Lipinski definition) is 4. The summed E-state index contributed by atoms with van der Waals surface area (Å²) in [6, 6.07) is 2.51. The van der Waals surface area contributed by atoms with Crippen molar-refractivity contribution >= 4 is 0 Å². The number of nitriles is 1. The number of hydroxylamine groups is 2. The quantitative estimate of drug-likeness (QED) is 0.849. The Morgan fingerprint density at radius 3 is 2.38 bits per heavy atom. The SMILES string of the molecule is N#CC1C(CO)CC2(CCCCC2)ON1C1CCCCC1. The van der Waals surface area contributed by atoms with Gasteiger partial charge in [0.2, 0.25) is 0 Å². The molecule has 118 valence electrons. The maximum absolute atomic E-state index is 9.79. The summed E-state index contributed by atoms with van der Waals surface area (Å²) in [6.07, 6.45) is 12.8. The average molecular weight is 292 g/mol. The van der Waals surface area contributed by atoms with E-state index in [-0.39, 0.29) is 24.2 Å². The molecule has 0 aromatic rings. The van der Waals surface area contributed by atoms with E-state index in [1.807, 2.05) is 5.06 Å². The summed E-state index contributed by atoms with van der Waals surface area (Å²) >= 11 is 0. The van der Waals surface area contributed by atoms with Gasteiger partial charge < -0.3 is 5.11 Å². The van der Waals surface area contributed by atoms with Crippen molar-refractivity contribution in [3.8, 4) is 6.07 Å². The monoisotopic (exact) mass is 292 g/mol. The van der Waals surface area contributed by atoms with Crippen LogP contribution in [0.4, 0.5) is 0 Å². The van der Waals surface area contributed by atoms with Crippen molar-refractivity contribution in [1.82, 2.24) is 5.06 Å². The van der Waals surface area contributed by atoms with Gasteiger partial charge in [-0.1, -0.05) is 38.5 Å². The van der Waals surface area contributed by atoms with Gasteiger partial charge in [-0.05, 0) is 32.1 Å². The molecule has 21 heavy (non-hydrogen) atoms. The molecular formula is C17H28N2O2. The van der Waals surface area contributed by atoms with Crippen LogP contribution in [-0.4, -0.2) is 34.5 Å². The lowest BCUT2D eigenvalue weighted by molar-refractivity contribution is -0.328. The minimum Gasteiger partial charge on any atom is -0.396 e. The molecule has 1 saturated heterocycles. The van der Waals surface area contributed by atoms with E-state index < -0.39 is 0 Å². The van der Waals surface area contributed by atoms with E-state index in [9.17, 15) is 10.4 Å². The van der Waals surface area contributed by atoms with Crippen LogP contribution < -0.4 is 0 Å². The molecule has 0 aromatic heterocycles. The van der Waals surface area contributed by atoms with Crippen LogP contribution >= 0.6 is 0 Å². The fraction of sp³-hybridized carbons (Fsp3) is 0.941. The minimum atomic E-state index is -0.273. The summed E-state index contributed by atoms with van der Waals surface area (Å²) in [5.74, 6) is 0.0452. The molecule has 2 aliphatic carbocycles. The highest BCUT2D eigenvalue weighted by molar-refractivity contribution is 5.03. The van der Waals surface area contributed by atoms with E-state index >= 15 is 0 Å². The zero-order valence-corrected chi connectivity index (χ0v) is 13.0. The number of rotatable bonds is 2. The molecule has 3 aliphatic rings. The van der Waals surface area contributed by atoms with E-state index in [1.54, 1.807) is 0 Å². The molecule has 1 aliphatic heterocycles. The van der Waals surface area contributed by atoms with Gasteiger partial charge in [0.15, 0.2) is 0 Å². The van der Waals surface area contributed by atoms with E-state index in [0.29, 0.717) is 6.04 Å². The summed E-state index contributed by atoms with van der Waals surface area (Å²) in [7, 11) is 0. The third-order valence-corrected chi connectivity index (χ3v) is 5.72. The standard InChI is InChI=1S/C17H28N2O2/c18-12-16-14(13-20)11-17(9-5-2-6-10-17)21-19(16)15-7-3-1-4-8-15/h14-16,20H,1-11,13H2. The van der Waals surface area contributed by atoms with E-state index in [1.165, 1.54) is 38.5 Å². The Labute approximate surface area is 128 Å². The number of hydrogen-bond donors (Lipinski definition) is 1. The molecular weight excluding hydrogens is 264 g/mol. The maximum Gasteiger partial charge on any atom is 0.127 e. The Bertz CT molecular complexity index is 381. The van der Waals surface area contributed by atoms with Crippen molar-refractivity contribution in [2.24, 2.45) is 5.92 Å². The second-order valence-electron chi connectivity index (χ2n) is 7.21. The lowest BCUT2D eigenvalue weighted by atomic mass is 9.75. The number of aliphatic hydroxyl groups is 1. The lowest BCUT2D eigenvalue weighted by Crippen LogP contribution is -2.59. The summed E-state index contributed by atoms with van der Waals surface area (Å²) in [6.45, 7) is 0.104. The summed E-state index contributed by atoms with van der Waals surface area (Å²) in [4.78, 5) is 6.49. The highest BCUT2D eigenvalue weighted by Crippen LogP contribution is 2.44. The smallest absolute Gasteiger partial charge is 0.127 e. The van der Waals surface area contributed by atoms with Crippen LogP contribution in [0.3, 0.4) is 0 Å². The van der Waals surface area contributed by atoms with Gasteiger partial charge in [-0.15, -0.1) is 0 Å². The topological polar surface area (TPSA) is 56.5 Å². The molecule has 3 rings (SSSR count). The van der Waals surface area contributed by atoms with E-state index in [4.69, 9.17) is 4.84 Å². The van der Waals surface area contributed by atoms with E-state index in [2.05, 4.69) is 6.07 Å². The minimum absolute atomic E-state index is 0.0452. The van der Waals surface area contributed by atoms with Gasteiger partial charge >= 0.3 is 0 Å². The van der Waals surface area contributed by atoms with Crippen LogP contribution in [0.2, 0.25) is 0 Å². The first-order valence-electron chi connectivity index (χ1n) is 8.76. The molecule has 2 saturated carbocycles. The lowest BCUT2D eigenvalue weighted by Gasteiger charge is -2.52. The van der Waals surface area contributed by atoms with Gasteiger partial charge in [0.25, 0.3) is 0 Å². The van der Waals surface area contributed by atoms with Gasteiger partial charge in [0.1, 0.15) is 6.04 Å². The molecule has 2 unspecified atom stereocenters. The predicted octanol–water partition coefficient (Wildman–Crippen LogP) is 3.16. The first-order chi connectivity index (χ1) is 10.3. The Hall–Kier alpha value is -0.630. The first kappa shape index (κ1) is 15.3. The van der Waals surface area contributed by atoms with Crippen LogP contribution in [0.1, 0.15) is 70.6 Å². The molecule has 0 aromatic carbocycles. The van der Waals surface area contributed by atoms with Gasteiger partial charge in [0, 0.05) is 18.6 Å². The maximum atomic E-state index is 9.79. The molecule has 0 bridgehead atoms. The normalized spacial score (nSPS) is 34.7. The Balaban J connectivity index is 1.81. The third kappa shape index (κ3) is 3.11. The van der Waals surface area contributed by atoms with Crippen LogP contribution in [0.25, 0.3) is 0 Å². The molecule has 4 heteroatoms. The van der Waals surface area contributed by atoms with Crippen LogP contribution in [-0.2, 0) is 4.84 Å². The van der Waals surface area contributed by atoms with Crippen molar-refractivity contribution in [1.29, 1.82) is 5.26 Å². The zero-order chi connectivity index (χ0) is 14.7. The van der Waals surface area contributed by atoms with Crippen LogP contribution in [0.15, 0.2) is 0 Å². The molecule has 2 atom stereocenters. The Kier molecular flexibility index (Phi) is 4.83. The third-order valence-electron chi connectivity index (χ3n) is 5.72. The molecule has 1 N–H and O–H groups in total. The summed E-state index contributed by atoms with van der Waals surface area (Å²) in [5, 5.41) is 21.4. The summed E-state index contributed by atoms with van der Waals surface area (Å²) in [5.41, 5.74) is -0.101. The number of aliphatic hydroxyl groups excluding tert-OH is 1. The molecule has 1 spiro atoms. The van der Waals surface area contributed by atoms with E-state index in [0.717, 1.165) is 32.1 Å². The molecule has 3 fully saturated rings. The fourth-order valence-corrected chi connectivity index (χ4v) is 4.57. The highest BCUT2D eigenvalue weighted by atomic mass is 16.7. The van der Waals surface area contributed by atoms with Crippen molar-refractivity contribution in [2.75, 3.05) is 6.61 Å². The van der Waals surface area contributed by atoms with Gasteiger partial charge in [-0.3, -0.25) is 4.84 Å². The molecule has 1 heterocycles. The Morgan fingerprint density at radius 1 is 1.10 bits per heavy atom. The zero-order valence-electron chi connectivity index (χ0n) is 13.0. The van der Waals surface area contributed by atoms with Gasteiger partial charge in [0.05, 0.1) is 11.7 Å². The number of nitrogens with zero attached hydrogens (tertiary/aromatic N) is 2. The van der Waals surface area contributed by atoms with Gasteiger partial charge in [-0.25, -0.2) is 0 Å². The van der Waals surface area contributed by atoms with Crippen molar-refractivity contribution in [3.05, 3.63) is 0 Å². The highest BCUT2D eigenvalue weighted by Gasteiger charge is 2.48. The fourth-order valence-electron chi connectivity index (χ4n) is 4.57. The second kappa shape index (κ2) is 6.64. The van der Waals surface area contributed by atoms with Crippen molar-refractivity contribution in [2.45, 2.75) is 88.3 Å².